The number of nitrogens with zero attached hydrogens (tertiary/aromatic N) is 1. The van der Waals surface area contributed by atoms with Crippen molar-refractivity contribution in [2.75, 3.05) is 4.72 Å². The van der Waals surface area contributed by atoms with E-state index in [-0.39, 0.29) is 16.3 Å². The Hall–Kier alpha value is -2.53. The Balaban J connectivity index is 2.44. The molecular weight excluding hydrogens is 389 g/mol. The molecule has 0 fully saturated rings. The first kappa shape index (κ1) is 18.8. The average Bonchev–Trinajstić information content (AvgIpc) is 2.47. The number of hydrogen-bond acceptors (Lipinski definition) is 5. The lowest BCUT2D eigenvalue weighted by Crippen LogP contribution is -2.21. The van der Waals surface area contributed by atoms with Gasteiger partial charge in [0.25, 0.3) is 10.0 Å². The van der Waals surface area contributed by atoms with E-state index in [4.69, 9.17) is 16.7 Å². The molecule has 7 nitrogen and oxygen atoms in total. The molecule has 0 bridgehead atoms. The minimum Gasteiger partial charge on any atom is -0.478 e. The first-order valence-corrected chi connectivity index (χ1v) is 8.10. The zero-order chi connectivity index (χ0) is 18.8. The van der Waals surface area contributed by atoms with Crippen molar-refractivity contribution in [3.8, 4) is 5.75 Å². The lowest BCUT2D eigenvalue weighted by molar-refractivity contribution is -0.275. The van der Waals surface area contributed by atoms with Crippen molar-refractivity contribution in [1.29, 1.82) is 0 Å². The Labute approximate surface area is 144 Å². The number of nitrogens with one attached hydrogen (secondary N) is 1. The van der Waals surface area contributed by atoms with Crippen molar-refractivity contribution in [3.63, 3.8) is 0 Å². The molecule has 25 heavy (non-hydrogen) atoms. The van der Waals surface area contributed by atoms with E-state index in [1.54, 1.807) is 0 Å². The predicted molar refractivity (Wildman–Crippen MR) is 80.1 cm³/mol. The molecule has 1 aromatic carbocycles. The van der Waals surface area contributed by atoms with Gasteiger partial charge >= 0.3 is 12.3 Å². The maximum Gasteiger partial charge on any atom is 0.573 e. The summed E-state index contributed by atoms with van der Waals surface area (Å²) >= 11 is 5.64. The van der Waals surface area contributed by atoms with Crippen molar-refractivity contribution < 1.29 is 36.2 Å². The number of anilines is 1. The molecule has 0 atom stereocenters. The van der Waals surface area contributed by atoms with Gasteiger partial charge in [-0.15, -0.1) is 13.2 Å². The van der Waals surface area contributed by atoms with Crippen LogP contribution in [0.5, 0.6) is 5.75 Å². The van der Waals surface area contributed by atoms with Gasteiger partial charge in [-0.2, -0.15) is 0 Å². The quantitative estimate of drug-likeness (QED) is 0.804. The van der Waals surface area contributed by atoms with Crippen molar-refractivity contribution in [2.24, 2.45) is 0 Å². The van der Waals surface area contributed by atoms with Crippen molar-refractivity contribution in [1.82, 2.24) is 4.98 Å². The zero-order valence-electron chi connectivity index (χ0n) is 11.9. The molecular formula is C13H8ClF3N2O5S. The molecule has 12 heteroatoms. The summed E-state index contributed by atoms with van der Waals surface area (Å²) in [5.41, 5.74) is -0.587. The standard InChI is InChI=1S/C13H8ClF3N2O5S/c14-8-1-2-10(24-13(15,16)17)11(4-8)25(22,23)19-9-3-7(12(20)21)5-18-6-9/h1-6,19H,(H,20,21). The number of carbonyl (C=O) groups is 1. The fraction of sp³-hybridized carbons (Fsp3) is 0.0769. The van der Waals surface area contributed by atoms with Crippen LogP contribution in [0.1, 0.15) is 10.4 Å². The van der Waals surface area contributed by atoms with E-state index in [1.165, 1.54) is 0 Å². The number of carboxylic acid groups (broad SMARTS) is 1. The number of halogens is 4. The minimum absolute atomic E-state index is 0.146. The molecule has 2 rings (SSSR count). The van der Waals surface area contributed by atoms with E-state index < -0.39 is 33.0 Å². The summed E-state index contributed by atoms with van der Waals surface area (Å²) in [6, 6.07) is 3.48. The van der Waals surface area contributed by atoms with E-state index in [9.17, 15) is 26.4 Å². The van der Waals surface area contributed by atoms with Crippen LogP contribution in [0, 0.1) is 0 Å². The van der Waals surface area contributed by atoms with Gasteiger partial charge in [0, 0.05) is 11.2 Å². The number of alkyl halides is 3. The number of carboxylic acids is 1. The smallest absolute Gasteiger partial charge is 0.478 e. The highest BCUT2D eigenvalue weighted by Gasteiger charge is 2.34. The third kappa shape index (κ3) is 4.97. The molecule has 0 amide bonds. The highest BCUT2D eigenvalue weighted by molar-refractivity contribution is 7.92. The lowest BCUT2D eigenvalue weighted by atomic mass is 10.3. The van der Waals surface area contributed by atoms with Crippen LogP contribution in [0.25, 0.3) is 0 Å². The van der Waals surface area contributed by atoms with E-state index in [0.29, 0.717) is 0 Å². The number of hydrogen-bond donors (Lipinski definition) is 2. The average molecular weight is 397 g/mol. The lowest BCUT2D eigenvalue weighted by Gasteiger charge is -2.15. The molecule has 0 radical (unpaired) electrons. The molecule has 1 heterocycles. The number of sulfonamides is 1. The van der Waals surface area contributed by atoms with Gasteiger partial charge in [-0.05, 0) is 24.3 Å². The van der Waals surface area contributed by atoms with Crippen molar-refractivity contribution >= 4 is 33.3 Å². The SMILES string of the molecule is O=C(O)c1cncc(NS(=O)(=O)c2cc(Cl)ccc2OC(F)(F)F)c1. The molecule has 0 aliphatic heterocycles. The van der Waals surface area contributed by atoms with Gasteiger partial charge in [0.05, 0.1) is 17.4 Å². The Morgan fingerprint density at radius 1 is 1.24 bits per heavy atom. The fourth-order valence-corrected chi connectivity index (χ4v) is 3.15. The van der Waals surface area contributed by atoms with Crippen LogP contribution in [-0.2, 0) is 10.0 Å². The first-order valence-electron chi connectivity index (χ1n) is 6.24. The second-order valence-corrected chi connectivity index (χ2v) is 6.60. The molecule has 2 N–H and O–H groups in total. The second kappa shape index (κ2) is 6.76. The Morgan fingerprint density at radius 3 is 2.52 bits per heavy atom. The number of ether oxygens (including phenoxy) is 1. The number of rotatable bonds is 5. The van der Waals surface area contributed by atoms with Gasteiger partial charge in [0.2, 0.25) is 0 Å². The predicted octanol–water partition coefficient (Wildman–Crippen LogP) is 3.13. The van der Waals surface area contributed by atoms with E-state index in [2.05, 4.69) is 9.72 Å². The third-order valence-corrected chi connectivity index (χ3v) is 4.30. The third-order valence-electron chi connectivity index (χ3n) is 2.66. The van der Waals surface area contributed by atoms with Gasteiger partial charge in [0.1, 0.15) is 10.6 Å². The monoisotopic (exact) mass is 396 g/mol. The fourth-order valence-electron chi connectivity index (χ4n) is 1.72. The van der Waals surface area contributed by atoms with Gasteiger partial charge in [-0.3, -0.25) is 9.71 Å². The zero-order valence-corrected chi connectivity index (χ0v) is 13.5. The topological polar surface area (TPSA) is 106 Å². The van der Waals surface area contributed by atoms with Gasteiger partial charge < -0.3 is 9.84 Å². The van der Waals surface area contributed by atoms with Gasteiger partial charge in [-0.25, -0.2) is 13.2 Å². The molecule has 0 aliphatic rings. The summed E-state index contributed by atoms with van der Waals surface area (Å²) in [5.74, 6) is -2.36. The Kier molecular flexibility index (Phi) is 5.09. The van der Waals surface area contributed by atoms with Crippen LogP contribution >= 0.6 is 11.6 Å². The van der Waals surface area contributed by atoms with Crippen LogP contribution < -0.4 is 9.46 Å². The second-order valence-electron chi connectivity index (χ2n) is 4.51. The number of pyridine rings is 1. The summed E-state index contributed by atoms with van der Waals surface area (Å²) < 4.78 is 67.6. The molecule has 2 aromatic rings. The summed E-state index contributed by atoms with van der Waals surface area (Å²) in [7, 11) is -4.57. The van der Waals surface area contributed by atoms with Crippen LogP contribution in [0.4, 0.5) is 18.9 Å². The Morgan fingerprint density at radius 2 is 1.92 bits per heavy atom. The van der Waals surface area contributed by atoms with E-state index in [0.717, 1.165) is 36.7 Å². The van der Waals surface area contributed by atoms with E-state index >= 15 is 0 Å². The van der Waals surface area contributed by atoms with Crippen LogP contribution in [0.3, 0.4) is 0 Å². The van der Waals surface area contributed by atoms with Crippen LogP contribution in [0.2, 0.25) is 5.02 Å². The van der Waals surface area contributed by atoms with Crippen LogP contribution in [0.15, 0.2) is 41.6 Å². The van der Waals surface area contributed by atoms with E-state index in [1.807, 2.05) is 4.72 Å². The van der Waals surface area contributed by atoms with Gasteiger partial charge in [0.15, 0.2) is 0 Å². The first-order chi connectivity index (χ1) is 11.5. The maximum absolute atomic E-state index is 12.4. The number of benzene rings is 1. The number of aromatic nitrogens is 1. The Bertz CT molecular complexity index is 918. The van der Waals surface area contributed by atoms with Crippen molar-refractivity contribution in [2.45, 2.75) is 11.3 Å². The maximum atomic E-state index is 12.4. The summed E-state index contributed by atoms with van der Waals surface area (Å²) in [6.45, 7) is 0. The largest absolute Gasteiger partial charge is 0.573 e. The minimum atomic E-state index is -5.12. The molecule has 0 saturated carbocycles. The molecule has 0 saturated heterocycles. The van der Waals surface area contributed by atoms with Crippen LogP contribution in [-0.4, -0.2) is 30.8 Å². The molecule has 1 aromatic heterocycles. The van der Waals surface area contributed by atoms with Crippen molar-refractivity contribution in [3.05, 3.63) is 47.2 Å². The van der Waals surface area contributed by atoms with Gasteiger partial charge in [-0.1, -0.05) is 11.6 Å². The summed E-state index contributed by atoms with van der Waals surface area (Å²) in [4.78, 5) is 13.5. The highest BCUT2D eigenvalue weighted by Crippen LogP contribution is 2.32. The molecule has 134 valence electrons. The summed E-state index contributed by atoms with van der Waals surface area (Å²) in [6.07, 6.45) is -3.17. The number of aromatic carboxylic acids is 1. The molecule has 0 unspecified atom stereocenters. The highest BCUT2D eigenvalue weighted by atomic mass is 35.5. The molecule has 0 aliphatic carbocycles. The normalized spacial score (nSPS) is 11.8. The molecule has 0 spiro atoms. The summed E-state index contributed by atoms with van der Waals surface area (Å²) in [5, 5.41) is 8.71.